The third-order valence-electron chi connectivity index (χ3n) is 1.97. The number of aromatic hydroxyl groups is 1. The molecule has 0 saturated heterocycles. The second-order valence-corrected chi connectivity index (χ2v) is 4.54. The summed E-state index contributed by atoms with van der Waals surface area (Å²) in [6, 6.07) is 3.37. The average Bonchev–Trinajstić information content (AvgIpc) is 2.48. The van der Waals surface area contributed by atoms with Gasteiger partial charge in [-0.05, 0) is 11.5 Å². The van der Waals surface area contributed by atoms with Gasteiger partial charge in [0, 0.05) is 19.9 Å². The molecule has 0 radical (unpaired) electrons. The monoisotopic (exact) mass is 272 g/mol. The van der Waals surface area contributed by atoms with Crippen molar-refractivity contribution in [3.63, 3.8) is 0 Å². The Morgan fingerprint density at radius 3 is 2.64 bits per heavy atom. The van der Waals surface area contributed by atoms with Gasteiger partial charge in [0.05, 0.1) is 0 Å². The molecule has 0 amide bonds. The van der Waals surface area contributed by atoms with Gasteiger partial charge >= 0.3 is 7.12 Å². The van der Waals surface area contributed by atoms with Crippen LogP contribution in [-0.2, 0) is 0 Å². The molecule has 0 aliphatic carbocycles. The predicted molar refractivity (Wildman–Crippen MR) is 61.0 cm³/mol. The van der Waals surface area contributed by atoms with Gasteiger partial charge in [-0.3, -0.25) is 0 Å². The van der Waals surface area contributed by atoms with Crippen LogP contribution in [0.15, 0.2) is 22.0 Å². The summed E-state index contributed by atoms with van der Waals surface area (Å²) in [6.07, 6.45) is 0. The Morgan fingerprint density at radius 2 is 2.00 bits per heavy atom. The van der Waals surface area contributed by atoms with Crippen molar-refractivity contribution < 1.29 is 15.2 Å². The topological polar surface area (TPSA) is 60.7 Å². The molecule has 1 aromatic heterocycles. The van der Waals surface area contributed by atoms with Crippen molar-refractivity contribution in [2.75, 3.05) is 0 Å². The number of benzene rings is 1. The molecular formula is C8H6BBrO3S. The molecule has 0 aliphatic heterocycles. The van der Waals surface area contributed by atoms with Gasteiger partial charge in [0.25, 0.3) is 0 Å². The van der Waals surface area contributed by atoms with Crippen LogP contribution in [0.4, 0.5) is 0 Å². The number of hydrogen-bond donors (Lipinski definition) is 3. The van der Waals surface area contributed by atoms with E-state index in [0.29, 0.717) is 15.3 Å². The molecule has 2 aromatic rings. The lowest BCUT2D eigenvalue weighted by molar-refractivity contribution is 0.425. The highest BCUT2D eigenvalue weighted by molar-refractivity contribution is 9.10. The van der Waals surface area contributed by atoms with E-state index in [4.69, 9.17) is 10.0 Å². The molecule has 0 saturated carbocycles. The molecule has 0 unspecified atom stereocenters. The van der Waals surface area contributed by atoms with Crippen molar-refractivity contribution in [1.29, 1.82) is 0 Å². The zero-order valence-corrected chi connectivity index (χ0v) is 9.34. The standard InChI is InChI=1S/C8H6BBrO3S/c10-8-4(9(12)13)1-2-6-7(8)5(11)3-14-6/h1-3,11-13H. The van der Waals surface area contributed by atoms with Crippen LogP contribution in [0.5, 0.6) is 5.75 Å². The van der Waals surface area contributed by atoms with Crippen LogP contribution in [0.1, 0.15) is 0 Å². The molecule has 1 heterocycles. The summed E-state index contributed by atoms with van der Waals surface area (Å²) in [4.78, 5) is 0. The quantitative estimate of drug-likeness (QED) is 0.680. The maximum Gasteiger partial charge on any atom is 0.489 e. The van der Waals surface area contributed by atoms with E-state index in [-0.39, 0.29) is 5.75 Å². The predicted octanol–water partition coefficient (Wildman–Crippen LogP) is 1.05. The van der Waals surface area contributed by atoms with Gasteiger partial charge in [-0.15, -0.1) is 11.3 Å². The van der Waals surface area contributed by atoms with Gasteiger partial charge in [0.1, 0.15) is 5.75 Å². The second-order valence-electron chi connectivity index (χ2n) is 2.84. The van der Waals surface area contributed by atoms with Gasteiger partial charge < -0.3 is 15.2 Å². The van der Waals surface area contributed by atoms with E-state index in [9.17, 15) is 5.11 Å². The molecule has 3 nitrogen and oxygen atoms in total. The molecule has 0 fully saturated rings. The number of rotatable bonds is 1. The lowest BCUT2D eigenvalue weighted by Crippen LogP contribution is -2.30. The molecule has 0 atom stereocenters. The summed E-state index contributed by atoms with van der Waals surface area (Å²) in [5, 5.41) is 29.8. The lowest BCUT2D eigenvalue weighted by atomic mass is 9.80. The maximum atomic E-state index is 9.52. The van der Waals surface area contributed by atoms with Crippen molar-refractivity contribution in [3.8, 4) is 5.75 Å². The second kappa shape index (κ2) is 3.54. The molecule has 0 aliphatic rings. The molecule has 0 bridgehead atoms. The first-order chi connectivity index (χ1) is 6.61. The molecule has 14 heavy (non-hydrogen) atoms. The molecule has 2 rings (SSSR count). The van der Waals surface area contributed by atoms with Crippen LogP contribution in [-0.4, -0.2) is 22.3 Å². The smallest absolute Gasteiger partial charge is 0.489 e. The normalized spacial score (nSPS) is 10.8. The highest BCUT2D eigenvalue weighted by atomic mass is 79.9. The van der Waals surface area contributed by atoms with Crippen molar-refractivity contribution in [2.45, 2.75) is 0 Å². The SMILES string of the molecule is OB(O)c1ccc2scc(O)c2c1Br. The molecule has 0 spiro atoms. The average molecular weight is 273 g/mol. The first-order valence-corrected chi connectivity index (χ1v) is 5.53. The highest BCUT2D eigenvalue weighted by Crippen LogP contribution is 2.35. The van der Waals surface area contributed by atoms with Gasteiger partial charge in [-0.1, -0.05) is 22.0 Å². The lowest BCUT2D eigenvalue weighted by Gasteiger charge is -2.04. The van der Waals surface area contributed by atoms with Crippen LogP contribution >= 0.6 is 27.3 Å². The summed E-state index contributed by atoms with van der Waals surface area (Å²) < 4.78 is 1.43. The summed E-state index contributed by atoms with van der Waals surface area (Å²) >= 11 is 4.64. The fraction of sp³-hybridized carbons (Fsp3) is 0. The van der Waals surface area contributed by atoms with E-state index in [0.717, 1.165) is 4.70 Å². The van der Waals surface area contributed by atoms with Crippen LogP contribution < -0.4 is 5.46 Å². The van der Waals surface area contributed by atoms with Gasteiger partial charge in [-0.2, -0.15) is 0 Å². The number of halogens is 1. The summed E-state index contributed by atoms with van der Waals surface area (Å²) in [6.45, 7) is 0. The largest absolute Gasteiger partial charge is 0.506 e. The first kappa shape index (κ1) is 9.98. The zero-order chi connectivity index (χ0) is 10.3. The summed E-state index contributed by atoms with van der Waals surface area (Å²) in [5.74, 6) is 0.152. The number of hydrogen-bond acceptors (Lipinski definition) is 4. The zero-order valence-electron chi connectivity index (χ0n) is 6.94. The van der Waals surface area contributed by atoms with E-state index in [1.165, 1.54) is 11.3 Å². The third-order valence-corrected chi connectivity index (χ3v) is 3.76. The molecular weight excluding hydrogens is 267 g/mol. The molecule has 3 N–H and O–H groups in total. The van der Waals surface area contributed by atoms with E-state index in [2.05, 4.69) is 15.9 Å². The Hall–Kier alpha value is -0.555. The molecule has 72 valence electrons. The van der Waals surface area contributed by atoms with Crippen molar-refractivity contribution >= 4 is 49.9 Å². The Balaban J connectivity index is 2.79. The molecule has 1 aromatic carbocycles. The van der Waals surface area contributed by atoms with Crippen molar-refractivity contribution in [1.82, 2.24) is 0 Å². The van der Waals surface area contributed by atoms with Gasteiger partial charge in [0.15, 0.2) is 0 Å². The van der Waals surface area contributed by atoms with Crippen LogP contribution in [0.25, 0.3) is 10.1 Å². The van der Waals surface area contributed by atoms with Crippen LogP contribution in [0.2, 0.25) is 0 Å². The third kappa shape index (κ3) is 1.44. The fourth-order valence-corrected chi connectivity index (χ4v) is 3.00. The van der Waals surface area contributed by atoms with E-state index < -0.39 is 7.12 Å². The van der Waals surface area contributed by atoms with E-state index >= 15 is 0 Å². The molecule has 6 heteroatoms. The van der Waals surface area contributed by atoms with E-state index in [1.807, 2.05) is 0 Å². The maximum absolute atomic E-state index is 9.52. The first-order valence-electron chi connectivity index (χ1n) is 3.86. The minimum atomic E-state index is -1.53. The van der Waals surface area contributed by atoms with Crippen LogP contribution in [0.3, 0.4) is 0 Å². The Morgan fingerprint density at radius 1 is 1.29 bits per heavy atom. The minimum absolute atomic E-state index is 0.152. The summed E-state index contributed by atoms with van der Waals surface area (Å²) in [7, 11) is -1.53. The van der Waals surface area contributed by atoms with Gasteiger partial charge in [0.2, 0.25) is 0 Å². The van der Waals surface area contributed by atoms with Crippen molar-refractivity contribution in [3.05, 3.63) is 22.0 Å². The summed E-state index contributed by atoms with van der Waals surface area (Å²) in [5.41, 5.74) is 0.353. The number of fused-ring (bicyclic) bond motifs is 1. The Labute approximate surface area is 92.9 Å². The van der Waals surface area contributed by atoms with Crippen LogP contribution in [0, 0.1) is 0 Å². The van der Waals surface area contributed by atoms with E-state index in [1.54, 1.807) is 17.5 Å². The number of thiophene rings is 1. The highest BCUT2D eigenvalue weighted by Gasteiger charge is 2.18. The minimum Gasteiger partial charge on any atom is -0.506 e. The van der Waals surface area contributed by atoms with Gasteiger partial charge in [-0.25, -0.2) is 0 Å². The van der Waals surface area contributed by atoms with Crippen molar-refractivity contribution in [2.24, 2.45) is 0 Å². The fourth-order valence-electron chi connectivity index (χ4n) is 1.29. The Bertz CT molecular complexity index is 483. The Kier molecular flexibility index (Phi) is 2.53.